The van der Waals surface area contributed by atoms with Gasteiger partial charge < -0.3 is 15.4 Å². The standard InChI is InChI=1S/C13H23N5O/c1-10(2)6-5-9-19-13-16-11(14)15-12(17-13)18-7-3-4-8-18/h10H,3-9H2,1-2H3,(H2,14,15,16,17). The Labute approximate surface area is 114 Å². The molecule has 1 aromatic heterocycles. The number of hydrogen-bond acceptors (Lipinski definition) is 6. The first-order valence-corrected chi connectivity index (χ1v) is 7.04. The zero-order valence-electron chi connectivity index (χ0n) is 11.8. The molecule has 2 rings (SSSR count). The van der Waals surface area contributed by atoms with E-state index in [-0.39, 0.29) is 5.95 Å². The highest BCUT2D eigenvalue weighted by Gasteiger charge is 2.17. The molecule has 19 heavy (non-hydrogen) atoms. The van der Waals surface area contributed by atoms with Gasteiger partial charge in [-0.3, -0.25) is 0 Å². The predicted octanol–water partition coefficient (Wildman–Crippen LogP) is 1.87. The van der Waals surface area contributed by atoms with Crippen molar-refractivity contribution in [3.63, 3.8) is 0 Å². The van der Waals surface area contributed by atoms with Crippen molar-refractivity contribution in [1.29, 1.82) is 0 Å². The summed E-state index contributed by atoms with van der Waals surface area (Å²) in [6.45, 7) is 6.99. The van der Waals surface area contributed by atoms with Crippen LogP contribution < -0.4 is 15.4 Å². The fourth-order valence-electron chi connectivity index (χ4n) is 2.14. The molecule has 1 fully saturated rings. The Morgan fingerprint density at radius 1 is 1.21 bits per heavy atom. The van der Waals surface area contributed by atoms with Crippen molar-refractivity contribution >= 4 is 11.9 Å². The van der Waals surface area contributed by atoms with Gasteiger partial charge in [0.2, 0.25) is 11.9 Å². The molecular formula is C13H23N5O. The monoisotopic (exact) mass is 265 g/mol. The second-order valence-electron chi connectivity index (χ2n) is 5.35. The third-order valence-electron chi connectivity index (χ3n) is 3.17. The van der Waals surface area contributed by atoms with E-state index in [1.807, 2.05) is 0 Å². The lowest BCUT2D eigenvalue weighted by molar-refractivity contribution is 0.275. The molecule has 0 amide bonds. The molecule has 106 valence electrons. The number of hydrogen-bond donors (Lipinski definition) is 1. The van der Waals surface area contributed by atoms with Crippen LogP contribution in [0.5, 0.6) is 6.01 Å². The van der Waals surface area contributed by atoms with Crippen LogP contribution in [0.1, 0.15) is 39.5 Å². The van der Waals surface area contributed by atoms with Crippen molar-refractivity contribution in [2.75, 3.05) is 30.3 Å². The Morgan fingerprint density at radius 3 is 2.63 bits per heavy atom. The van der Waals surface area contributed by atoms with Crippen molar-refractivity contribution in [1.82, 2.24) is 15.0 Å². The van der Waals surface area contributed by atoms with Crippen LogP contribution in [0.4, 0.5) is 11.9 Å². The summed E-state index contributed by atoms with van der Waals surface area (Å²) in [5.41, 5.74) is 5.71. The first kappa shape index (κ1) is 13.8. The summed E-state index contributed by atoms with van der Waals surface area (Å²) in [6.07, 6.45) is 4.49. The highest BCUT2D eigenvalue weighted by molar-refractivity contribution is 5.36. The van der Waals surface area contributed by atoms with Crippen molar-refractivity contribution in [2.45, 2.75) is 39.5 Å². The van der Waals surface area contributed by atoms with E-state index in [0.29, 0.717) is 24.5 Å². The second-order valence-corrected chi connectivity index (χ2v) is 5.35. The van der Waals surface area contributed by atoms with Gasteiger partial charge in [0, 0.05) is 13.1 Å². The van der Waals surface area contributed by atoms with Crippen molar-refractivity contribution in [2.24, 2.45) is 5.92 Å². The largest absolute Gasteiger partial charge is 0.463 e. The number of ether oxygens (including phenoxy) is 1. The van der Waals surface area contributed by atoms with Gasteiger partial charge in [0.25, 0.3) is 0 Å². The quantitative estimate of drug-likeness (QED) is 0.791. The van der Waals surface area contributed by atoms with Crippen LogP contribution in [-0.4, -0.2) is 34.6 Å². The van der Waals surface area contributed by atoms with E-state index in [9.17, 15) is 0 Å². The Kier molecular flexibility index (Phi) is 4.76. The molecule has 0 unspecified atom stereocenters. The number of nitrogens with zero attached hydrogens (tertiary/aromatic N) is 4. The van der Waals surface area contributed by atoms with Gasteiger partial charge in [-0.1, -0.05) is 13.8 Å². The van der Waals surface area contributed by atoms with Crippen LogP contribution in [-0.2, 0) is 0 Å². The molecule has 0 radical (unpaired) electrons. The van der Waals surface area contributed by atoms with Crippen LogP contribution >= 0.6 is 0 Å². The van der Waals surface area contributed by atoms with E-state index >= 15 is 0 Å². The molecule has 0 atom stereocenters. The first-order chi connectivity index (χ1) is 9.15. The van der Waals surface area contributed by atoms with Crippen molar-refractivity contribution in [3.8, 4) is 6.01 Å². The first-order valence-electron chi connectivity index (χ1n) is 7.04. The molecule has 1 aliphatic heterocycles. The maximum absolute atomic E-state index is 5.71. The Morgan fingerprint density at radius 2 is 1.95 bits per heavy atom. The molecule has 0 saturated carbocycles. The number of aromatic nitrogens is 3. The minimum atomic E-state index is 0.232. The molecule has 1 aliphatic rings. The van der Waals surface area contributed by atoms with Crippen LogP contribution in [0.2, 0.25) is 0 Å². The average molecular weight is 265 g/mol. The number of nitrogen functional groups attached to an aromatic ring is 1. The second kappa shape index (κ2) is 6.54. The van der Waals surface area contributed by atoms with Gasteiger partial charge in [0.1, 0.15) is 0 Å². The van der Waals surface area contributed by atoms with E-state index in [1.54, 1.807) is 0 Å². The minimum Gasteiger partial charge on any atom is -0.463 e. The minimum absolute atomic E-state index is 0.232. The van der Waals surface area contributed by atoms with Gasteiger partial charge in [0.15, 0.2) is 0 Å². The van der Waals surface area contributed by atoms with Gasteiger partial charge in [-0.2, -0.15) is 15.0 Å². The molecule has 0 spiro atoms. The highest BCUT2D eigenvalue weighted by atomic mass is 16.5. The maximum Gasteiger partial charge on any atom is 0.323 e. The lowest BCUT2D eigenvalue weighted by Crippen LogP contribution is -2.21. The van der Waals surface area contributed by atoms with Crippen LogP contribution in [0.3, 0.4) is 0 Å². The molecular weight excluding hydrogens is 242 g/mol. The third-order valence-corrected chi connectivity index (χ3v) is 3.17. The molecule has 0 bridgehead atoms. The topological polar surface area (TPSA) is 77.2 Å². The smallest absolute Gasteiger partial charge is 0.323 e. The summed E-state index contributed by atoms with van der Waals surface area (Å²) in [5.74, 6) is 1.56. The molecule has 0 aromatic carbocycles. The molecule has 1 saturated heterocycles. The summed E-state index contributed by atoms with van der Waals surface area (Å²) in [4.78, 5) is 14.7. The van der Waals surface area contributed by atoms with Crippen molar-refractivity contribution in [3.05, 3.63) is 0 Å². The SMILES string of the molecule is CC(C)CCCOc1nc(N)nc(N2CCCC2)n1. The number of nitrogens with two attached hydrogens (primary N) is 1. The average Bonchev–Trinajstić information content (AvgIpc) is 2.87. The number of anilines is 2. The fraction of sp³-hybridized carbons (Fsp3) is 0.769. The summed E-state index contributed by atoms with van der Waals surface area (Å²) in [6, 6.07) is 0.346. The van der Waals surface area contributed by atoms with Crippen LogP contribution in [0.15, 0.2) is 0 Å². The predicted molar refractivity (Wildman–Crippen MR) is 75.3 cm³/mol. The zero-order chi connectivity index (χ0) is 13.7. The van der Waals surface area contributed by atoms with Crippen LogP contribution in [0.25, 0.3) is 0 Å². The van der Waals surface area contributed by atoms with Crippen LogP contribution in [0, 0.1) is 5.92 Å². The third kappa shape index (κ3) is 4.22. The maximum atomic E-state index is 5.71. The van der Waals surface area contributed by atoms with E-state index in [0.717, 1.165) is 25.9 Å². The van der Waals surface area contributed by atoms with Gasteiger partial charge in [-0.05, 0) is 31.6 Å². The van der Waals surface area contributed by atoms with E-state index < -0.39 is 0 Å². The summed E-state index contributed by atoms with van der Waals surface area (Å²) in [7, 11) is 0. The van der Waals surface area contributed by atoms with E-state index in [4.69, 9.17) is 10.5 Å². The molecule has 1 aromatic rings. The van der Waals surface area contributed by atoms with E-state index in [1.165, 1.54) is 12.8 Å². The lowest BCUT2D eigenvalue weighted by atomic mass is 10.1. The molecule has 6 heteroatoms. The van der Waals surface area contributed by atoms with Gasteiger partial charge >= 0.3 is 6.01 Å². The highest BCUT2D eigenvalue weighted by Crippen LogP contribution is 2.18. The molecule has 6 nitrogen and oxygen atoms in total. The zero-order valence-corrected chi connectivity index (χ0v) is 11.8. The van der Waals surface area contributed by atoms with Gasteiger partial charge in [-0.15, -0.1) is 0 Å². The molecule has 2 N–H and O–H groups in total. The fourth-order valence-corrected chi connectivity index (χ4v) is 2.14. The van der Waals surface area contributed by atoms with E-state index in [2.05, 4.69) is 33.7 Å². The molecule has 2 heterocycles. The summed E-state index contributed by atoms with van der Waals surface area (Å²) >= 11 is 0. The van der Waals surface area contributed by atoms with Crippen molar-refractivity contribution < 1.29 is 4.74 Å². The number of rotatable bonds is 6. The lowest BCUT2D eigenvalue weighted by Gasteiger charge is -2.15. The Bertz CT molecular complexity index is 404. The molecule has 0 aliphatic carbocycles. The Balaban J connectivity index is 1.92. The Hall–Kier alpha value is -1.59. The summed E-state index contributed by atoms with van der Waals surface area (Å²) < 4.78 is 5.57. The summed E-state index contributed by atoms with van der Waals surface area (Å²) in [5, 5.41) is 0. The normalized spacial score (nSPS) is 15.2. The van der Waals surface area contributed by atoms with Gasteiger partial charge in [0.05, 0.1) is 6.61 Å². The van der Waals surface area contributed by atoms with Gasteiger partial charge in [-0.25, -0.2) is 0 Å².